The van der Waals surface area contributed by atoms with Crippen LogP contribution >= 0.6 is 11.6 Å². The Balaban J connectivity index is 2.34. The number of carbonyl (C=O) groups is 1. The van der Waals surface area contributed by atoms with Crippen molar-refractivity contribution in [3.8, 4) is 0 Å². The zero-order valence-electron chi connectivity index (χ0n) is 11.8. The fourth-order valence-electron chi connectivity index (χ4n) is 1.73. The van der Waals surface area contributed by atoms with Gasteiger partial charge in [0.15, 0.2) is 0 Å². The van der Waals surface area contributed by atoms with Crippen LogP contribution in [0.15, 0.2) is 47.4 Å². The molecule has 0 saturated heterocycles. The molecule has 122 valence electrons. The first kappa shape index (κ1) is 17.2. The van der Waals surface area contributed by atoms with E-state index in [1.54, 1.807) is 0 Å². The number of sulfonamides is 1. The molecule has 0 atom stereocenters. The van der Waals surface area contributed by atoms with Crippen molar-refractivity contribution in [2.24, 2.45) is 0 Å². The van der Waals surface area contributed by atoms with Gasteiger partial charge in [-0.1, -0.05) is 11.6 Å². The van der Waals surface area contributed by atoms with Gasteiger partial charge in [0.25, 0.3) is 15.9 Å². The molecular weight excluding hydrogens is 347 g/mol. The number of benzene rings is 2. The zero-order chi connectivity index (χ0) is 17.0. The van der Waals surface area contributed by atoms with E-state index in [1.165, 1.54) is 31.4 Å². The summed E-state index contributed by atoms with van der Waals surface area (Å²) < 4.78 is 39.8. The van der Waals surface area contributed by atoms with Crippen molar-refractivity contribution in [3.05, 3.63) is 58.9 Å². The van der Waals surface area contributed by atoms with Crippen LogP contribution in [0, 0.1) is 5.82 Å². The summed E-state index contributed by atoms with van der Waals surface area (Å²) in [5.74, 6) is -1.17. The largest absolute Gasteiger partial charge is 0.280 e. The van der Waals surface area contributed by atoms with Gasteiger partial charge in [-0.25, -0.2) is 18.3 Å². The molecule has 0 spiro atoms. The standard InChI is InChI=1S/C14H12ClFN2O4S/c1-22-17-14(19)12-8-11(6-7-13(12)15)23(20,21)18-10-4-2-9(16)3-5-10/h2-8,18H,1H3,(H,17,19). The van der Waals surface area contributed by atoms with Crippen LogP contribution in [0.2, 0.25) is 5.02 Å². The van der Waals surface area contributed by atoms with E-state index in [9.17, 15) is 17.6 Å². The second-order valence-electron chi connectivity index (χ2n) is 4.39. The highest BCUT2D eigenvalue weighted by molar-refractivity contribution is 7.92. The molecule has 0 fully saturated rings. The lowest BCUT2D eigenvalue weighted by Gasteiger charge is -2.10. The lowest BCUT2D eigenvalue weighted by molar-refractivity contribution is 0.0537. The van der Waals surface area contributed by atoms with Crippen LogP contribution in [-0.2, 0) is 14.9 Å². The monoisotopic (exact) mass is 358 g/mol. The van der Waals surface area contributed by atoms with Crippen LogP contribution < -0.4 is 10.2 Å². The minimum Gasteiger partial charge on any atom is -0.280 e. The summed E-state index contributed by atoms with van der Waals surface area (Å²) in [7, 11) is -2.73. The van der Waals surface area contributed by atoms with Crippen molar-refractivity contribution < 1.29 is 22.4 Å². The van der Waals surface area contributed by atoms with Gasteiger partial charge >= 0.3 is 0 Å². The maximum atomic E-state index is 12.9. The minimum atomic E-state index is -3.97. The Hall–Kier alpha value is -2.16. The molecule has 0 aromatic heterocycles. The number of rotatable bonds is 5. The minimum absolute atomic E-state index is 0.0597. The third-order valence-electron chi connectivity index (χ3n) is 2.78. The summed E-state index contributed by atoms with van der Waals surface area (Å²) in [5, 5.41) is 0.0697. The fraction of sp³-hybridized carbons (Fsp3) is 0.0714. The van der Waals surface area contributed by atoms with Gasteiger partial charge in [0.1, 0.15) is 5.82 Å². The van der Waals surface area contributed by atoms with Crippen LogP contribution in [-0.4, -0.2) is 21.4 Å². The molecule has 2 rings (SSSR count). The zero-order valence-corrected chi connectivity index (χ0v) is 13.4. The lowest BCUT2D eigenvalue weighted by atomic mass is 10.2. The Bertz CT molecular complexity index is 825. The van der Waals surface area contributed by atoms with Gasteiger partial charge in [-0.2, -0.15) is 0 Å². The summed E-state index contributed by atoms with van der Waals surface area (Å²) in [6.07, 6.45) is 0. The van der Waals surface area contributed by atoms with E-state index in [2.05, 4.69) is 15.0 Å². The van der Waals surface area contributed by atoms with Gasteiger partial charge in [-0.05, 0) is 42.5 Å². The molecule has 0 unspecified atom stereocenters. The normalized spacial score (nSPS) is 11.1. The van der Waals surface area contributed by atoms with Crippen LogP contribution in [0.3, 0.4) is 0 Å². The maximum Gasteiger partial charge on any atom is 0.276 e. The number of carbonyl (C=O) groups excluding carboxylic acids is 1. The van der Waals surface area contributed by atoms with Crippen LogP contribution in [0.1, 0.15) is 10.4 Å². The molecule has 2 aromatic rings. The molecule has 2 N–H and O–H groups in total. The number of halogens is 2. The SMILES string of the molecule is CONC(=O)c1cc(S(=O)(=O)Nc2ccc(F)cc2)ccc1Cl. The molecule has 6 nitrogen and oxygen atoms in total. The van der Waals surface area contributed by atoms with Crippen molar-refractivity contribution in [3.63, 3.8) is 0 Å². The van der Waals surface area contributed by atoms with Gasteiger partial charge in [0.05, 0.1) is 22.6 Å². The molecule has 0 aliphatic heterocycles. The van der Waals surface area contributed by atoms with Crippen LogP contribution in [0.25, 0.3) is 0 Å². The predicted molar refractivity (Wildman–Crippen MR) is 83.1 cm³/mol. The highest BCUT2D eigenvalue weighted by atomic mass is 35.5. The summed E-state index contributed by atoms with van der Waals surface area (Å²) in [6.45, 7) is 0. The van der Waals surface area contributed by atoms with Gasteiger partial charge in [-0.3, -0.25) is 14.4 Å². The van der Waals surface area contributed by atoms with Crippen molar-refractivity contribution in [1.29, 1.82) is 0 Å². The van der Waals surface area contributed by atoms with Gasteiger partial charge < -0.3 is 0 Å². The quantitative estimate of drug-likeness (QED) is 0.804. The molecule has 0 radical (unpaired) electrons. The van der Waals surface area contributed by atoms with Gasteiger partial charge in [0.2, 0.25) is 0 Å². The first-order valence-electron chi connectivity index (χ1n) is 6.25. The Kier molecular flexibility index (Phi) is 5.19. The first-order valence-corrected chi connectivity index (χ1v) is 8.11. The van der Waals surface area contributed by atoms with Gasteiger partial charge in [0, 0.05) is 5.69 Å². The van der Waals surface area contributed by atoms with Crippen LogP contribution in [0.4, 0.5) is 10.1 Å². The number of amides is 1. The molecule has 0 heterocycles. The van der Waals surface area contributed by atoms with Crippen molar-refractivity contribution in [1.82, 2.24) is 5.48 Å². The Morgan fingerprint density at radius 1 is 1.17 bits per heavy atom. The summed E-state index contributed by atoms with van der Waals surface area (Å²) in [4.78, 5) is 16.1. The maximum absolute atomic E-state index is 12.9. The van der Waals surface area contributed by atoms with E-state index in [1.807, 2.05) is 0 Å². The Morgan fingerprint density at radius 3 is 2.43 bits per heavy atom. The molecule has 23 heavy (non-hydrogen) atoms. The Labute approximate surface area is 137 Å². The average Bonchev–Trinajstić information content (AvgIpc) is 2.50. The molecule has 9 heteroatoms. The number of hydrogen-bond acceptors (Lipinski definition) is 4. The number of hydrogen-bond donors (Lipinski definition) is 2. The van der Waals surface area contributed by atoms with Crippen molar-refractivity contribution in [2.75, 3.05) is 11.8 Å². The Morgan fingerprint density at radius 2 is 1.83 bits per heavy atom. The highest BCUT2D eigenvalue weighted by Crippen LogP contribution is 2.22. The summed E-state index contributed by atoms with van der Waals surface area (Å²) in [5.41, 5.74) is 2.18. The smallest absolute Gasteiger partial charge is 0.276 e. The fourth-order valence-corrected chi connectivity index (χ4v) is 3.01. The molecule has 2 aromatic carbocycles. The van der Waals surface area contributed by atoms with Gasteiger partial charge in [-0.15, -0.1) is 0 Å². The van der Waals surface area contributed by atoms with Crippen LogP contribution in [0.5, 0.6) is 0 Å². The predicted octanol–water partition coefficient (Wildman–Crippen LogP) is 2.57. The molecule has 0 saturated carbocycles. The van der Waals surface area contributed by atoms with E-state index in [4.69, 9.17) is 11.6 Å². The number of hydroxylamine groups is 1. The second kappa shape index (κ2) is 6.95. The third-order valence-corrected chi connectivity index (χ3v) is 4.49. The highest BCUT2D eigenvalue weighted by Gasteiger charge is 2.19. The van der Waals surface area contributed by atoms with Crippen molar-refractivity contribution in [2.45, 2.75) is 4.90 Å². The topological polar surface area (TPSA) is 84.5 Å². The molecular formula is C14H12ClFN2O4S. The lowest BCUT2D eigenvalue weighted by Crippen LogP contribution is -2.23. The molecule has 0 aliphatic rings. The van der Waals surface area contributed by atoms with E-state index >= 15 is 0 Å². The number of nitrogens with one attached hydrogen (secondary N) is 2. The third kappa shape index (κ3) is 4.19. The van der Waals surface area contributed by atoms with E-state index in [-0.39, 0.29) is 21.2 Å². The molecule has 0 aliphatic carbocycles. The number of anilines is 1. The van der Waals surface area contributed by atoms with E-state index < -0.39 is 21.7 Å². The second-order valence-corrected chi connectivity index (χ2v) is 6.48. The van der Waals surface area contributed by atoms with E-state index in [0.29, 0.717) is 0 Å². The summed E-state index contributed by atoms with van der Waals surface area (Å²) in [6, 6.07) is 8.45. The first-order chi connectivity index (χ1) is 10.8. The van der Waals surface area contributed by atoms with Crippen molar-refractivity contribution >= 4 is 33.2 Å². The van der Waals surface area contributed by atoms with E-state index in [0.717, 1.165) is 18.2 Å². The molecule has 0 bridgehead atoms. The molecule has 1 amide bonds. The summed E-state index contributed by atoms with van der Waals surface area (Å²) >= 11 is 5.88. The average molecular weight is 359 g/mol.